The molecule has 5 aliphatic rings. The highest BCUT2D eigenvalue weighted by molar-refractivity contribution is 6.02. The number of ether oxygens (including phenoxy) is 5. The maximum atomic E-state index is 17.4. The van der Waals surface area contributed by atoms with E-state index in [1.54, 1.807) is 4.90 Å². The first-order chi connectivity index (χ1) is 26.3. The lowest BCUT2D eigenvalue weighted by Gasteiger charge is -2.46. The Bertz CT molecular complexity index is 2210. The SMILES string of the molecule is COCOc1cc(-c2nc3c4c(nc(OC[C@@]56CCCN5C[C@H](F)C6)nc4c2F)N2C[C@@H]4CC[C@H]([C@H]2CO3)N4C(=O)OC(C)(C)C)c2c(F)c(F)ccc2c1. The fourth-order valence-electron chi connectivity index (χ4n) is 9.32. The minimum atomic E-state index is -1.19. The van der Waals surface area contributed by atoms with Crippen LogP contribution in [0.5, 0.6) is 17.6 Å². The van der Waals surface area contributed by atoms with Gasteiger partial charge in [-0.1, -0.05) is 6.07 Å². The number of piperazine rings is 1. The van der Waals surface area contributed by atoms with Crippen molar-refractivity contribution in [3.8, 4) is 28.9 Å². The van der Waals surface area contributed by atoms with Gasteiger partial charge < -0.3 is 28.6 Å². The summed E-state index contributed by atoms with van der Waals surface area (Å²) in [4.78, 5) is 33.5. The van der Waals surface area contributed by atoms with Crippen molar-refractivity contribution < 1.29 is 46.0 Å². The molecule has 5 aliphatic heterocycles. The second-order valence-electron chi connectivity index (χ2n) is 16.2. The van der Waals surface area contributed by atoms with Crippen LogP contribution >= 0.6 is 0 Å². The van der Waals surface area contributed by atoms with E-state index in [9.17, 15) is 13.6 Å². The molecule has 1 amide bonds. The lowest BCUT2D eigenvalue weighted by molar-refractivity contribution is 0.00537. The fourth-order valence-corrected chi connectivity index (χ4v) is 9.32. The summed E-state index contributed by atoms with van der Waals surface area (Å²) in [5, 5.41) is 0.197. The molecule has 0 spiro atoms. The number of methoxy groups -OCH3 is 1. The van der Waals surface area contributed by atoms with Gasteiger partial charge in [0.15, 0.2) is 24.2 Å². The number of benzene rings is 2. The van der Waals surface area contributed by atoms with E-state index < -0.39 is 46.9 Å². The summed E-state index contributed by atoms with van der Waals surface area (Å²) in [6.07, 6.45) is 1.92. The smallest absolute Gasteiger partial charge is 0.410 e. The number of aromatic nitrogens is 3. The van der Waals surface area contributed by atoms with Crippen LogP contribution in [0.4, 0.5) is 28.2 Å². The number of rotatable bonds is 7. The summed E-state index contributed by atoms with van der Waals surface area (Å²) in [5.74, 6) is -2.76. The van der Waals surface area contributed by atoms with Gasteiger partial charge in [-0.3, -0.25) is 9.80 Å². The van der Waals surface area contributed by atoms with Gasteiger partial charge in [0.1, 0.15) is 53.2 Å². The number of anilines is 1. The number of fused-ring (bicyclic) bond motifs is 7. The van der Waals surface area contributed by atoms with E-state index in [0.717, 1.165) is 25.5 Å². The van der Waals surface area contributed by atoms with Gasteiger partial charge in [-0.25, -0.2) is 27.3 Å². The van der Waals surface area contributed by atoms with Crippen molar-refractivity contribution in [2.45, 2.75) is 88.3 Å². The Morgan fingerprint density at radius 3 is 2.65 bits per heavy atom. The number of nitrogens with zero attached hydrogens (tertiary/aromatic N) is 6. The van der Waals surface area contributed by atoms with Crippen LogP contribution < -0.4 is 19.1 Å². The zero-order chi connectivity index (χ0) is 38.4. The van der Waals surface area contributed by atoms with Crippen LogP contribution in [0.3, 0.4) is 0 Å². The summed E-state index contributed by atoms with van der Waals surface area (Å²) < 4.78 is 91.8. The molecule has 292 valence electrons. The Kier molecular flexibility index (Phi) is 8.64. The molecule has 0 aliphatic carbocycles. The third kappa shape index (κ3) is 6.03. The maximum absolute atomic E-state index is 17.4. The number of pyridine rings is 1. The van der Waals surface area contributed by atoms with Gasteiger partial charge in [-0.2, -0.15) is 9.97 Å². The van der Waals surface area contributed by atoms with Crippen LogP contribution in [0.25, 0.3) is 32.9 Å². The van der Waals surface area contributed by atoms with Gasteiger partial charge in [0.2, 0.25) is 5.88 Å². The summed E-state index contributed by atoms with van der Waals surface area (Å²) in [6.45, 7) is 6.84. The highest BCUT2D eigenvalue weighted by Gasteiger charge is 2.52. The fraction of sp³-hybridized carbons (Fsp3) is 0.538. The summed E-state index contributed by atoms with van der Waals surface area (Å²) in [6, 6.07) is 4.09. The number of halogens is 4. The second-order valence-corrected chi connectivity index (χ2v) is 16.2. The molecule has 4 fully saturated rings. The standard InChI is InChI=1S/C39H42F4N6O6/c1-38(2,3)55-37(50)49-22-7-9-26(49)27-17-52-35-29-33(45-36(46-34(29)48(27)16-22)53-18-39-10-5-11-47(39)15-21(40)14-39)31(43)32(44-35)24-13-23(54-19-51-4)12-20-6-8-25(41)30(42)28(20)24/h6,8,12-13,21-22,26-27H,5,7,9-11,14-19H2,1-4H3/t21-,22+,26-,27-,39+/m1/s1. The molecular formula is C39H42F4N6O6. The zero-order valence-corrected chi connectivity index (χ0v) is 31.0. The first-order valence-electron chi connectivity index (χ1n) is 18.7. The predicted molar refractivity (Wildman–Crippen MR) is 193 cm³/mol. The average molecular weight is 767 g/mol. The molecule has 4 aromatic rings. The molecular weight excluding hydrogens is 724 g/mol. The summed E-state index contributed by atoms with van der Waals surface area (Å²) in [7, 11) is 1.43. The number of alkyl halides is 1. The predicted octanol–water partition coefficient (Wildman–Crippen LogP) is 6.55. The van der Waals surface area contributed by atoms with E-state index in [-0.39, 0.29) is 82.7 Å². The minimum absolute atomic E-state index is 0.0214. The molecule has 7 heterocycles. The normalized spacial score (nSPS) is 25.9. The molecule has 0 N–H and O–H groups in total. The minimum Gasteiger partial charge on any atom is -0.475 e. The zero-order valence-electron chi connectivity index (χ0n) is 31.0. The molecule has 16 heteroatoms. The third-order valence-corrected chi connectivity index (χ3v) is 11.6. The van der Waals surface area contributed by atoms with Crippen LogP contribution in [-0.2, 0) is 9.47 Å². The Morgan fingerprint density at radius 1 is 1.02 bits per heavy atom. The van der Waals surface area contributed by atoms with Gasteiger partial charge in [0.05, 0.1) is 23.7 Å². The molecule has 0 radical (unpaired) electrons. The van der Waals surface area contributed by atoms with Crippen LogP contribution in [0.15, 0.2) is 24.3 Å². The van der Waals surface area contributed by atoms with Crippen LogP contribution in [-0.4, -0.2) is 113 Å². The van der Waals surface area contributed by atoms with Crippen LogP contribution in [0.2, 0.25) is 0 Å². The molecule has 9 rings (SSSR count). The van der Waals surface area contributed by atoms with Gasteiger partial charge in [-0.05, 0) is 76.6 Å². The molecule has 5 atom stereocenters. The number of hydrogen-bond acceptors (Lipinski definition) is 11. The van der Waals surface area contributed by atoms with Crippen molar-refractivity contribution in [3.05, 3.63) is 41.7 Å². The van der Waals surface area contributed by atoms with Gasteiger partial charge in [0, 0.05) is 37.6 Å². The van der Waals surface area contributed by atoms with E-state index in [1.165, 1.54) is 25.3 Å². The van der Waals surface area contributed by atoms with Crippen molar-refractivity contribution >= 4 is 33.6 Å². The largest absolute Gasteiger partial charge is 0.475 e. The molecule has 0 unspecified atom stereocenters. The van der Waals surface area contributed by atoms with Crippen molar-refractivity contribution in [3.63, 3.8) is 0 Å². The quantitative estimate of drug-likeness (QED) is 0.151. The molecule has 0 saturated carbocycles. The van der Waals surface area contributed by atoms with E-state index in [1.807, 2.05) is 25.7 Å². The molecule has 55 heavy (non-hydrogen) atoms. The summed E-state index contributed by atoms with van der Waals surface area (Å²) >= 11 is 0. The number of amides is 1. The monoisotopic (exact) mass is 766 g/mol. The Hall–Kier alpha value is -4.70. The van der Waals surface area contributed by atoms with E-state index in [2.05, 4.69) is 14.9 Å². The topological polar surface area (TPSA) is 112 Å². The Balaban J connectivity index is 1.20. The second kappa shape index (κ2) is 13.2. The van der Waals surface area contributed by atoms with Gasteiger partial charge in [0.25, 0.3) is 0 Å². The van der Waals surface area contributed by atoms with Crippen molar-refractivity contribution in [1.82, 2.24) is 24.8 Å². The maximum Gasteiger partial charge on any atom is 0.410 e. The van der Waals surface area contributed by atoms with Crippen LogP contribution in [0, 0.1) is 17.5 Å². The molecule has 2 aromatic carbocycles. The van der Waals surface area contributed by atoms with Crippen molar-refractivity contribution in [2.75, 3.05) is 51.7 Å². The average Bonchev–Trinajstić information content (AvgIpc) is 3.75. The van der Waals surface area contributed by atoms with E-state index in [0.29, 0.717) is 38.2 Å². The third-order valence-electron chi connectivity index (χ3n) is 11.6. The lowest BCUT2D eigenvalue weighted by atomic mass is 9.95. The summed E-state index contributed by atoms with van der Waals surface area (Å²) in [5.41, 5.74) is -1.90. The molecule has 12 nitrogen and oxygen atoms in total. The number of carbonyl (C=O) groups excluding carboxylic acids is 1. The Labute approximate surface area is 314 Å². The van der Waals surface area contributed by atoms with Gasteiger partial charge >= 0.3 is 12.1 Å². The highest BCUT2D eigenvalue weighted by Crippen LogP contribution is 2.47. The van der Waals surface area contributed by atoms with Crippen molar-refractivity contribution in [2.24, 2.45) is 0 Å². The lowest BCUT2D eigenvalue weighted by Crippen LogP contribution is -2.63. The van der Waals surface area contributed by atoms with Gasteiger partial charge in [-0.15, -0.1) is 0 Å². The molecule has 2 bridgehead atoms. The number of carbonyl (C=O) groups is 1. The highest BCUT2D eigenvalue weighted by atomic mass is 19.2. The van der Waals surface area contributed by atoms with E-state index in [4.69, 9.17) is 28.7 Å². The number of hydrogen-bond donors (Lipinski definition) is 0. The van der Waals surface area contributed by atoms with Crippen LogP contribution in [0.1, 0.15) is 52.9 Å². The first kappa shape index (κ1) is 36.0. The van der Waals surface area contributed by atoms with E-state index >= 15 is 8.78 Å². The van der Waals surface area contributed by atoms with Crippen molar-refractivity contribution in [1.29, 1.82) is 0 Å². The molecule has 4 saturated heterocycles. The Morgan fingerprint density at radius 2 is 1.85 bits per heavy atom. The molecule has 2 aromatic heterocycles. The first-order valence-corrected chi connectivity index (χ1v) is 18.7.